The Kier molecular flexibility index (Phi) is 5.21. The van der Waals surface area contributed by atoms with Crippen molar-refractivity contribution >= 4 is 16.1 Å². The molecule has 0 radical (unpaired) electrons. The highest BCUT2D eigenvalue weighted by Gasteiger charge is 2.49. The van der Waals surface area contributed by atoms with Gasteiger partial charge in [-0.15, -0.1) is 0 Å². The van der Waals surface area contributed by atoms with Gasteiger partial charge in [-0.1, -0.05) is 0 Å². The number of hydrogen-bond donors (Lipinski definition) is 0. The molecular formula is C13H9F5N2O5S. The van der Waals surface area contributed by atoms with Gasteiger partial charge < -0.3 is 8.92 Å². The highest BCUT2D eigenvalue weighted by Crippen LogP contribution is 2.30. The molecule has 0 aliphatic heterocycles. The lowest BCUT2D eigenvalue weighted by Crippen LogP contribution is -2.28. The number of carbonyl (C=O) groups is 1. The van der Waals surface area contributed by atoms with Gasteiger partial charge in [0.05, 0.1) is 6.61 Å². The summed E-state index contributed by atoms with van der Waals surface area (Å²) < 4.78 is 95.8. The Morgan fingerprint density at radius 3 is 2.46 bits per heavy atom. The monoisotopic (exact) mass is 400 g/mol. The van der Waals surface area contributed by atoms with Crippen LogP contribution in [0.3, 0.4) is 0 Å². The van der Waals surface area contributed by atoms with Gasteiger partial charge in [-0.3, -0.25) is 0 Å². The van der Waals surface area contributed by atoms with E-state index in [0.29, 0.717) is 24.3 Å². The number of carbonyl (C=O) groups excluding carboxylic acids is 1. The Labute approximate surface area is 143 Å². The molecule has 1 aromatic carbocycles. The molecule has 0 fully saturated rings. The summed E-state index contributed by atoms with van der Waals surface area (Å²) in [6.07, 6.45) is 0. The summed E-state index contributed by atoms with van der Waals surface area (Å²) >= 11 is 0. The number of aromatic nitrogens is 2. The van der Waals surface area contributed by atoms with Crippen molar-refractivity contribution < 1.29 is 44.1 Å². The van der Waals surface area contributed by atoms with Crippen molar-refractivity contribution in [1.29, 1.82) is 0 Å². The molecule has 0 bridgehead atoms. The second-order valence-corrected chi connectivity index (χ2v) is 6.12. The van der Waals surface area contributed by atoms with Gasteiger partial charge in [0.25, 0.3) is 0 Å². The number of ether oxygens (including phenoxy) is 1. The lowest BCUT2D eigenvalue weighted by Gasteiger charge is -2.11. The zero-order chi connectivity index (χ0) is 19.7. The Bertz CT molecular complexity index is 939. The molecule has 0 spiro atoms. The average Bonchev–Trinajstić information content (AvgIpc) is 2.92. The van der Waals surface area contributed by atoms with Crippen LogP contribution in [0.4, 0.5) is 22.0 Å². The number of benzene rings is 1. The quantitative estimate of drug-likeness (QED) is 0.332. The van der Waals surface area contributed by atoms with Crippen molar-refractivity contribution in [3.8, 4) is 11.6 Å². The largest absolute Gasteiger partial charge is 0.534 e. The Morgan fingerprint density at radius 2 is 1.88 bits per heavy atom. The van der Waals surface area contributed by atoms with Gasteiger partial charge in [0.15, 0.2) is 5.69 Å². The van der Waals surface area contributed by atoms with Gasteiger partial charge in [-0.05, 0) is 19.1 Å². The lowest BCUT2D eigenvalue weighted by molar-refractivity contribution is -0.0502. The van der Waals surface area contributed by atoms with E-state index in [2.05, 4.69) is 14.0 Å². The molecule has 0 N–H and O–H groups in total. The third-order valence-electron chi connectivity index (χ3n) is 2.78. The summed E-state index contributed by atoms with van der Waals surface area (Å²) in [5.41, 5.74) is -7.26. The number of esters is 1. The first kappa shape index (κ1) is 19.6. The Morgan fingerprint density at radius 1 is 1.23 bits per heavy atom. The van der Waals surface area contributed by atoms with Crippen molar-refractivity contribution in [3.05, 3.63) is 41.6 Å². The number of alkyl halides is 3. The van der Waals surface area contributed by atoms with E-state index in [-0.39, 0.29) is 11.3 Å². The normalized spacial score (nSPS) is 12.1. The molecule has 2 aromatic rings. The van der Waals surface area contributed by atoms with Crippen LogP contribution in [-0.2, 0) is 14.9 Å². The van der Waals surface area contributed by atoms with Gasteiger partial charge in [-0.2, -0.15) is 31.4 Å². The Hall–Kier alpha value is -2.70. The van der Waals surface area contributed by atoms with Crippen LogP contribution in [0.25, 0.3) is 5.69 Å². The van der Waals surface area contributed by atoms with Crippen molar-refractivity contribution in [2.24, 2.45) is 0 Å². The second-order valence-electron chi connectivity index (χ2n) is 4.58. The lowest BCUT2D eigenvalue weighted by atomic mass is 10.3. The molecular weight excluding hydrogens is 391 g/mol. The molecule has 1 heterocycles. The van der Waals surface area contributed by atoms with Crippen LogP contribution < -0.4 is 4.18 Å². The van der Waals surface area contributed by atoms with Crippen LogP contribution in [0, 0.1) is 11.6 Å². The maximum absolute atomic E-state index is 13.9. The number of hydrogen-bond acceptors (Lipinski definition) is 6. The van der Waals surface area contributed by atoms with Crippen LogP contribution in [0.2, 0.25) is 0 Å². The molecule has 0 unspecified atom stereocenters. The third kappa shape index (κ3) is 3.92. The molecule has 0 amide bonds. The fourth-order valence-electron chi connectivity index (χ4n) is 1.71. The van der Waals surface area contributed by atoms with E-state index in [1.807, 2.05) is 0 Å². The van der Waals surface area contributed by atoms with Crippen molar-refractivity contribution in [2.75, 3.05) is 6.61 Å². The van der Waals surface area contributed by atoms with Gasteiger partial charge in [0.2, 0.25) is 5.88 Å². The fraction of sp³-hybridized carbons (Fsp3) is 0.231. The van der Waals surface area contributed by atoms with Crippen LogP contribution in [0.15, 0.2) is 24.3 Å². The van der Waals surface area contributed by atoms with E-state index in [4.69, 9.17) is 0 Å². The molecule has 0 aliphatic carbocycles. The van der Waals surface area contributed by atoms with Crippen molar-refractivity contribution in [2.45, 2.75) is 12.4 Å². The van der Waals surface area contributed by atoms with Crippen molar-refractivity contribution in [1.82, 2.24) is 9.78 Å². The first-order valence-electron chi connectivity index (χ1n) is 6.69. The van der Waals surface area contributed by atoms with E-state index in [0.717, 1.165) is 0 Å². The minimum Gasteiger partial charge on any atom is -0.461 e. The number of nitrogens with zero attached hydrogens (tertiary/aromatic N) is 2. The predicted octanol–water partition coefficient (Wildman–Crippen LogP) is 2.56. The third-order valence-corrected chi connectivity index (χ3v) is 3.73. The minimum atomic E-state index is -6.16. The highest BCUT2D eigenvalue weighted by atomic mass is 32.2. The highest BCUT2D eigenvalue weighted by molar-refractivity contribution is 7.87. The predicted molar refractivity (Wildman–Crippen MR) is 75.0 cm³/mol. The summed E-state index contributed by atoms with van der Waals surface area (Å²) in [5.74, 6) is -4.49. The molecule has 0 aliphatic rings. The Balaban J connectivity index is 2.62. The molecule has 7 nitrogen and oxygen atoms in total. The summed E-state index contributed by atoms with van der Waals surface area (Å²) in [4.78, 5) is 11.7. The van der Waals surface area contributed by atoms with E-state index >= 15 is 0 Å². The maximum atomic E-state index is 13.9. The molecule has 1 aromatic heterocycles. The summed E-state index contributed by atoms with van der Waals surface area (Å²) in [5, 5.41) is 3.45. The van der Waals surface area contributed by atoms with Gasteiger partial charge in [0.1, 0.15) is 17.3 Å². The minimum absolute atomic E-state index is 0.128. The summed E-state index contributed by atoms with van der Waals surface area (Å²) in [6.45, 7) is 1.30. The zero-order valence-electron chi connectivity index (χ0n) is 12.8. The van der Waals surface area contributed by atoms with E-state index in [1.54, 1.807) is 0 Å². The van der Waals surface area contributed by atoms with Gasteiger partial charge in [0, 0.05) is 12.1 Å². The molecule has 0 saturated carbocycles. The van der Waals surface area contributed by atoms with Crippen LogP contribution in [0.1, 0.15) is 17.4 Å². The van der Waals surface area contributed by atoms with Gasteiger partial charge >= 0.3 is 21.6 Å². The molecule has 26 heavy (non-hydrogen) atoms. The van der Waals surface area contributed by atoms with Crippen LogP contribution >= 0.6 is 0 Å². The van der Waals surface area contributed by atoms with Gasteiger partial charge in [-0.25, -0.2) is 13.6 Å². The molecule has 0 saturated heterocycles. The smallest absolute Gasteiger partial charge is 0.461 e. The second kappa shape index (κ2) is 6.90. The standard InChI is InChI=1S/C13H9F5N2O5S/c1-2-24-12(21)9-6-11(25-26(22,23)13(16,17)18)20(19-9)10-5-7(14)3-4-8(10)15/h3-6H,2H2,1H3. The van der Waals surface area contributed by atoms with E-state index in [1.165, 1.54) is 6.92 Å². The number of halogens is 5. The average molecular weight is 400 g/mol. The van der Waals surface area contributed by atoms with Crippen LogP contribution in [0.5, 0.6) is 5.88 Å². The summed E-state index contributed by atoms with van der Waals surface area (Å²) in [7, 11) is -6.16. The molecule has 0 atom stereocenters. The fourth-order valence-corrected chi connectivity index (χ4v) is 2.15. The van der Waals surface area contributed by atoms with E-state index in [9.17, 15) is 35.2 Å². The first-order chi connectivity index (χ1) is 12.0. The SMILES string of the molecule is CCOC(=O)c1cc(OS(=O)(=O)C(F)(F)F)n(-c2cc(F)ccc2F)n1. The number of rotatable bonds is 5. The van der Waals surface area contributed by atoms with Crippen LogP contribution in [-0.4, -0.2) is 36.3 Å². The van der Waals surface area contributed by atoms with Crippen molar-refractivity contribution in [3.63, 3.8) is 0 Å². The summed E-state index contributed by atoms with van der Waals surface area (Å²) in [6, 6.07) is 2.34. The molecule has 142 valence electrons. The molecule has 13 heteroatoms. The van der Waals surface area contributed by atoms with E-state index < -0.39 is 50.5 Å². The maximum Gasteiger partial charge on any atom is 0.534 e. The first-order valence-corrected chi connectivity index (χ1v) is 8.10. The zero-order valence-corrected chi connectivity index (χ0v) is 13.6. The molecule has 2 rings (SSSR count). The topological polar surface area (TPSA) is 87.5 Å².